The van der Waals surface area contributed by atoms with Gasteiger partial charge in [-0.2, -0.15) is 5.26 Å². The number of carboxylic acid groups (broad SMARTS) is 1. The van der Waals surface area contributed by atoms with Gasteiger partial charge in [0.2, 0.25) is 0 Å². The number of carbonyl (C=O) groups excluding carboxylic acids is 1. The number of carboxylic acids is 1. The number of rotatable bonds is 6. The van der Waals surface area contributed by atoms with Crippen LogP contribution < -0.4 is 5.32 Å². The Morgan fingerprint density at radius 1 is 1.53 bits per heavy atom. The molecule has 0 bridgehead atoms. The highest BCUT2D eigenvalue weighted by molar-refractivity contribution is 5.82. The van der Waals surface area contributed by atoms with Crippen LogP contribution in [0.3, 0.4) is 0 Å². The number of nitrogens with zero attached hydrogens (tertiary/aromatic N) is 2. The van der Waals surface area contributed by atoms with Gasteiger partial charge in [-0.1, -0.05) is 0 Å². The Morgan fingerprint density at radius 3 is 2.53 bits per heavy atom. The lowest BCUT2D eigenvalue weighted by Gasteiger charge is -2.21. The van der Waals surface area contributed by atoms with E-state index >= 15 is 0 Å². The van der Waals surface area contributed by atoms with Crippen LogP contribution in [-0.2, 0) is 4.79 Å². The Labute approximate surface area is 99.6 Å². The number of nitriles is 1. The van der Waals surface area contributed by atoms with Crippen LogP contribution in [0.5, 0.6) is 0 Å². The number of aliphatic hydroxyl groups excluding tert-OH is 1. The molecule has 0 aromatic heterocycles. The number of hydrogen-bond acceptors (Lipinski definition) is 4. The number of aliphatic hydroxyl groups is 1. The summed E-state index contributed by atoms with van der Waals surface area (Å²) in [6.45, 7) is 1.55. The molecule has 2 atom stereocenters. The van der Waals surface area contributed by atoms with E-state index in [0.29, 0.717) is 0 Å². The molecule has 96 valence electrons. The molecule has 0 saturated carbocycles. The van der Waals surface area contributed by atoms with Crippen molar-refractivity contribution in [2.45, 2.75) is 19.4 Å². The topological polar surface area (TPSA) is 114 Å². The lowest BCUT2D eigenvalue weighted by molar-refractivity contribution is -0.139. The molecule has 3 N–H and O–H groups in total. The van der Waals surface area contributed by atoms with Crippen LogP contribution in [-0.4, -0.2) is 53.4 Å². The van der Waals surface area contributed by atoms with E-state index in [1.165, 1.54) is 11.9 Å². The van der Waals surface area contributed by atoms with Crippen LogP contribution in [0, 0.1) is 17.2 Å². The molecule has 0 rings (SSSR count). The summed E-state index contributed by atoms with van der Waals surface area (Å²) in [6.07, 6.45) is -0.0529. The van der Waals surface area contributed by atoms with Crippen molar-refractivity contribution in [1.29, 1.82) is 5.26 Å². The maximum atomic E-state index is 11.5. The lowest BCUT2D eigenvalue weighted by atomic mass is 10.2. The van der Waals surface area contributed by atoms with E-state index in [-0.39, 0.29) is 25.5 Å². The average molecular weight is 243 g/mol. The molecular formula is C10H17N3O4. The molecule has 7 nitrogen and oxygen atoms in total. The van der Waals surface area contributed by atoms with Crippen molar-refractivity contribution in [3.05, 3.63) is 0 Å². The van der Waals surface area contributed by atoms with E-state index in [9.17, 15) is 9.59 Å². The summed E-state index contributed by atoms with van der Waals surface area (Å²) in [5, 5.41) is 28.3. The fourth-order valence-corrected chi connectivity index (χ4v) is 1.18. The van der Waals surface area contributed by atoms with E-state index in [1.807, 2.05) is 6.07 Å². The highest BCUT2D eigenvalue weighted by Gasteiger charge is 2.21. The Bertz CT molecular complexity index is 313. The van der Waals surface area contributed by atoms with Gasteiger partial charge < -0.3 is 20.4 Å². The summed E-state index contributed by atoms with van der Waals surface area (Å²) in [6, 6.07) is 0.280. The van der Waals surface area contributed by atoms with Crippen molar-refractivity contribution in [2.24, 2.45) is 5.92 Å². The number of nitrogens with one attached hydrogen (secondary N) is 1. The van der Waals surface area contributed by atoms with Gasteiger partial charge in [0.1, 0.15) is 6.04 Å². The largest absolute Gasteiger partial charge is 0.480 e. The minimum absolute atomic E-state index is 0.0529. The molecule has 17 heavy (non-hydrogen) atoms. The van der Waals surface area contributed by atoms with Gasteiger partial charge in [-0.3, -0.25) is 0 Å². The summed E-state index contributed by atoms with van der Waals surface area (Å²) < 4.78 is 0. The van der Waals surface area contributed by atoms with Gasteiger partial charge in [-0.25, -0.2) is 9.59 Å². The lowest BCUT2D eigenvalue weighted by Crippen LogP contribution is -2.47. The molecule has 0 radical (unpaired) electrons. The van der Waals surface area contributed by atoms with Crippen LogP contribution in [0.1, 0.15) is 13.3 Å². The van der Waals surface area contributed by atoms with Crippen molar-refractivity contribution < 1.29 is 19.8 Å². The maximum absolute atomic E-state index is 11.5. The van der Waals surface area contributed by atoms with E-state index in [1.54, 1.807) is 6.92 Å². The van der Waals surface area contributed by atoms with Gasteiger partial charge in [0.25, 0.3) is 0 Å². The molecule has 0 spiro atoms. The van der Waals surface area contributed by atoms with Crippen LogP contribution in [0.4, 0.5) is 4.79 Å². The predicted molar refractivity (Wildman–Crippen MR) is 59.1 cm³/mol. The number of hydrogen-bond donors (Lipinski definition) is 3. The van der Waals surface area contributed by atoms with Gasteiger partial charge in [0.15, 0.2) is 0 Å². The predicted octanol–water partition coefficient (Wildman–Crippen LogP) is -0.377. The normalized spacial score (nSPS) is 13.3. The molecule has 0 aliphatic carbocycles. The Morgan fingerprint density at radius 2 is 2.12 bits per heavy atom. The van der Waals surface area contributed by atoms with Crippen LogP contribution in [0.15, 0.2) is 0 Å². The van der Waals surface area contributed by atoms with E-state index in [2.05, 4.69) is 5.32 Å². The van der Waals surface area contributed by atoms with E-state index in [4.69, 9.17) is 15.5 Å². The zero-order valence-corrected chi connectivity index (χ0v) is 9.88. The Balaban J connectivity index is 4.31. The number of carbonyl (C=O) groups is 2. The molecular weight excluding hydrogens is 226 g/mol. The molecule has 0 aliphatic rings. The van der Waals surface area contributed by atoms with E-state index in [0.717, 1.165) is 0 Å². The zero-order valence-electron chi connectivity index (χ0n) is 9.88. The second-order valence-electron chi connectivity index (χ2n) is 3.76. The second kappa shape index (κ2) is 7.46. The molecule has 0 aliphatic heterocycles. The van der Waals surface area contributed by atoms with E-state index < -0.39 is 18.0 Å². The first-order valence-electron chi connectivity index (χ1n) is 5.17. The van der Waals surface area contributed by atoms with Gasteiger partial charge in [0, 0.05) is 26.6 Å². The number of aliphatic carboxylic acids is 1. The first kappa shape index (κ1) is 15.2. The highest BCUT2D eigenvalue weighted by atomic mass is 16.4. The molecule has 0 heterocycles. The van der Waals surface area contributed by atoms with Crippen molar-refractivity contribution >= 4 is 12.0 Å². The van der Waals surface area contributed by atoms with Crippen molar-refractivity contribution in [3.63, 3.8) is 0 Å². The average Bonchev–Trinajstić information content (AvgIpc) is 2.27. The monoisotopic (exact) mass is 243 g/mol. The first-order chi connectivity index (χ1) is 7.92. The summed E-state index contributed by atoms with van der Waals surface area (Å²) in [5.41, 5.74) is 0. The Kier molecular flexibility index (Phi) is 6.67. The highest BCUT2D eigenvalue weighted by Crippen LogP contribution is 1.98. The van der Waals surface area contributed by atoms with Crippen molar-refractivity contribution in [1.82, 2.24) is 10.2 Å². The smallest absolute Gasteiger partial charge is 0.326 e. The fourth-order valence-electron chi connectivity index (χ4n) is 1.18. The molecule has 2 amide bonds. The van der Waals surface area contributed by atoms with Gasteiger partial charge in [-0.05, 0) is 6.92 Å². The third-order valence-electron chi connectivity index (χ3n) is 2.13. The number of urea groups is 1. The van der Waals surface area contributed by atoms with Crippen molar-refractivity contribution in [3.8, 4) is 6.07 Å². The molecule has 0 fully saturated rings. The summed E-state index contributed by atoms with van der Waals surface area (Å²) in [5.74, 6) is -1.53. The molecule has 0 aromatic rings. The zero-order chi connectivity index (χ0) is 13.4. The first-order valence-corrected chi connectivity index (χ1v) is 5.17. The fraction of sp³-hybridized carbons (Fsp3) is 0.700. The SMILES string of the molecule is CC(C#N)CN(C)C(=O)NC(CCO)C(=O)O. The quantitative estimate of drug-likeness (QED) is 0.588. The summed E-state index contributed by atoms with van der Waals surface area (Å²) in [4.78, 5) is 23.5. The van der Waals surface area contributed by atoms with Gasteiger partial charge in [-0.15, -0.1) is 0 Å². The third kappa shape index (κ3) is 5.73. The molecule has 2 unspecified atom stereocenters. The number of amides is 2. The molecule has 7 heteroatoms. The minimum Gasteiger partial charge on any atom is -0.480 e. The summed E-state index contributed by atoms with van der Waals surface area (Å²) in [7, 11) is 1.47. The molecule has 0 saturated heterocycles. The minimum atomic E-state index is -1.20. The summed E-state index contributed by atoms with van der Waals surface area (Å²) >= 11 is 0. The third-order valence-corrected chi connectivity index (χ3v) is 2.13. The molecule has 0 aromatic carbocycles. The maximum Gasteiger partial charge on any atom is 0.326 e. The second-order valence-corrected chi connectivity index (χ2v) is 3.76. The van der Waals surface area contributed by atoms with Crippen LogP contribution in [0.25, 0.3) is 0 Å². The van der Waals surface area contributed by atoms with Crippen molar-refractivity contribution in [2.75, 3.05) is 20.2 Å². The standard InChI is InChI=1S/C10H17N3O4/c1-7(5-11)6-13(2)10(17)12-8(3-4-14)9(15)16/h7-8,14H,3-4,6H2,1-2H3,(H,12,17)(H,15,16). The van der Waals surface area contributed by atoms with Crippen LogP contribution >= 0.6 is 0 Å². The van der Waals surface area contributed by atoms with Gasteiger partial charge >= 0.3 is 12.0 Å². The Hall–Kier alpha value is -1.81. The van der Waals surface area contributed by atoms with Gasteiger partial charge in [0.05, 0.1) is 12.0 Å². The van der Waals surface area contributed by atoms with Crippen LogP contribution in [0.2, 0.25) is 0 Å².